The molecular formula is C20H47N. The second-order valence-electron chi connectivity index (χ2n) is 5.37. The van der Waals surface area contributed by atoms with Gasteiger partial charge in [-0.15, -0.1) is 0 Å². The first-order valence-electron chi connectivity index (χ1n) is 9.40. The molecule has 2 N–H and O–H groups in total. The van der Waals surface area contributed by atoms with Crippen LogP contribution < -0.4 is 5.73 Å². The molecule has 0 radical (unpaired) electrons. The Balaban J connectivity index is -0.0000000969. The van der Waals surface area contributed by atoms with Crippen molar-refractivity contribution in [1.82, 2.24) is 0 Å². The third kappa shape index (κ3) is 45.1. The molecule has 1 aliphatic carbocycles. The van der Waals surface area contributed by atoms with E-state index >= 15 is 0 Å². The zero-order chi connectivity index (χ0) is 17.4. The fourth-order valence-electron chi connectivity index (χ4n) is 1.67. The molecule has 0 fully saturated rings. The summed E-state index contributed by atoms with van der Waals surface area (Å²) in [6.07, 6.45) is 16.6. The van der Waals surface area contributed by atoms with Gasteiger partial charge in [0.15, 0.2) is 0 Å². The van der Waals surface area contributed by atoms with E-state index in [0.29, 0.717) is 0 Å². The predicted molar refractivity (Wildman–Crippen MR) is 104 cm³/mol. The first kappa shape index (κ1) is 28.8. The molecular weight excluding hydrogens is 254 g/mol. The summed E-state index contributed by atoms with van der Waals surface area (Å²) < 4.78 is 0. The lowest BCUT2D eigenvalue weighted by molar-refractivity contribution is 0.513. The molecule has 0 heterocycles. The van der Waals surface area contributed by atoms with E-state index in [4.69, 9.17) is 0 Å². The van der Waals surface area contributed by atoms with Crippen LogP contribution in [0.2, 0.25) is 0 Å². The number of rotatable bonds is 4. The van der Waals surface area contributed by atoms with Crippen molar-refractivity contribution in [1.29, 1.82) is 0 Å². The summed E-state index contributed by atoms with van der Waals surface area (Å²) in [5.74, 6) is 1.000. The summed E-state index contributed by atoms with van der Waals surface area (Å²) in [7, 11) is 1.50. The van der Waals surface area contributed by atoms with Crippen LogP contribution in [0.3, 0.4) is 0 Å². The number of unbranched alkanes of at least 4 members (excludes halogenated alkanes) is 2. The van der Waals surface area contributed by atoms with E-state index in [1.54, 1.807) is 0 Å². The van der Waals surface area contributed by atoms with Crippen LogP contribution >= 0.6 is 0 Å². The SMILES string of the molecule is CCC.CCC.CCCC1CC=CC1.CCCCC.CN. The van der Waals surface area contributed by atoms with Gasteiger partial charge in [-0.05, 0) is 25.8 Å². The molecule has 1 rings (SSSR count). The van der Waals surface area contributed by atoms with Gasteiger partial charge in [0, 0.05) is 0 Å². The summed E-state index contributed by atoms with van der Waals surface area (Å²) >= 11 is 0. The van der Waals surface area contributed by atoms with Crippen LogP contribution in [-0.4, -0.2) is 7.05 Å². The average Bonchev–Trinajstić information content (AvgIpc) is 2.98. The van der Waals surface area contributed by atoms with Crippen LogP contribution in [0.5, 0.6) is 0 Å². The number of allylic oxidation sites excluding steroid dienone is 2. The minimum absolute atomic E-state index is 1.000. The molecule has 0 spiro atoms. The Morgan fingerprint density at radius 1 is 0.714 bits per heavy atom. The van der Waals surface area contributed by atoms with Gasteiger partial charge in [-0.1, -0.05) is 106 Å². The fraction of sp³-hybridized carbons (Fsp3) is 0.900. The van der Waals surface area contributed by atoms with Crippen molar-refractivity contribution in [2.75, 3.05) is 7.05 Å². The smallest absolute Gasteiger partial charge is 0.0195 e. The van der Waals surface area contributed by atoms with Gasteiger partial charge in [0.05, 0.1) is 0 Å². The van der Waals surface area contributed by atoms with Crippen LogP contribution in [-0.2, 0) is 0 Å². The van der Waals surface area contributed by atoms with Crippen molar-refractivity contribution in [2.24, 2.45) is 11.7 Å². The highest BCUT2D eigenvalue weighted by Gasteiger charge is 2.06. The topological polar surface area (TPSA) is 26.0 Å². The molecule has 0 bridgehead atoms. The van der Waals surface area contributed by atoms with Crippen molar-refractivity contribution in [3.63, 3.8) is 0 Å². The lowest BCUT2D eigenvalue weighted by Gasteiger charge is -2.03. The molecule has 132 valence electrons. The van der Waals surface area contributed by atoms with E-state index in [-0.39, 0.29) is 0 Å². The second-order valence-corrected chi connectivity index (χ2v) is 5.37. The first-order chi connectivity index (χ1) is 10.2. The van der Waals surface area contributed by atoms with Gasteiger partial charge in [0.1, 0.15) is 0 Å². The van der Waals surface area contributed by atoms with Crippen molar-refractivity contribution in [3.8, 4) is 0 Å². The van der Waals surface area contributed by atoms with Crippen LogP contribution in [0.25, 0.3) is 0 Å². The Hall–Kier alpha value is -0.300. The number of nitrogens with two attached hydrogens (primary N) is 1. The first-order valence-corrected chi connectivity index (χ1v) is 9.40. The highest BCUT2D eigenvalue weighted by molar-refractivity contribution is 4.93. The van der Waals surface area contributed by atoms with E-state index in [1.165, 1.54) is 64.8 Å². The van der Waals surface area contributed by atoms with Crippen LogP contribution in [0.1, 0.15) is 106 Å². The van der Waals surface area contributed by atoms with Crippen molar-refractivity contribution >= 4 is 0 Å². The van der Waals surface area contributed by atoms with E-state index in [0.717, 1.165) is 5.92 Å². The molecule has 0 saturated carbocycles. The molecule has 0 amide bonds. The van der Waals surface area contributed by atoms with Crippen LogP contribution in [0, 0.1) is 5.92 Å². The molecule has 0 aromatic rings. The van der Waals surface area contributed by atoms with Gasteiger partial charge in [-0.25, -0.2) is 0 Å². The number of hydrogen-bond acceptors (Lipinski definition) is 1. The summed E-state index contributed by atoms with van der Waals surface area (Å²) in [5, 5.41) is 0. The standard InChI is InChI=1S/C8H14.C5H12.2C3H8.CH5N/c1-2-5-8-6-3-4-7-8;1-3-5-4-2;2*1-3-2;1-2/h3-4,8H,2,5-7H2,1H3;3-5H2,1-2H3;2*3H2,1-2H3;2H2,1H3. The lowest BCUT2D eigenvalue weighted by Crippen LogP contribution is -1.90. The highest BCUT2D eigenvalue weighted by Crippen LogP contribution is 2.21. The lowest BCUT2D eigenvalue weighted by atomic mass is 10.0. The van der Waals surface area contributed by atoms with Gasteiger partial charge in [0.2, 0.25) is 0 Å². The summed E-state index contributed by atoms with van der Waals surface area (Å²) in [6.45, 7) is 15.2. The van der Waals surface area contributed by atoms with Gasteiger partial charge in [-0.2, -0.15) is 0 Å². The quantitative estimate of drug-likeness (QED) is 0.539. The highest BCUT2D eigenvalue weighted by atomic mass is 14.4. The Labute approximate surface area is 137 Å². The fourth-order valence-corrected chi connectivity index (χ4v) is 1.67. The Morgan fingerprint density at radius 2 is 1.05 bits per heavy atom. The third-order valence-corrected chi connectivity index (χ3v) is 2.51. The molecule has 0 saturated heterocycles. The molecule has 0 atom stereocenters. The molecule has 21 heavy (non-hydrogen) atoms. The average molecular weight is 302 g/mol. The van der Waals surface area contributed by atoms with Gasteiger partial charge < -0.3 is 5.73 Å². The van der Waals surface area contributed by atoms with Crippen LogP contribution in [0.15, 0.2) is 12.2 Å². The Bertz CT molecular complexity index is 129. The molecule has 1 nitrogen and oxygen atoms in total. The van der Waals surface area contributed by atoms with Crippen molar-refractivity contribution in [2.45, 2.75) is 106 Å². The zero-order valence-electron chi connectivity index (χ0n) is 16.7. The molecule has 0 unspecified atom stereocenters. The number of hydrogen-bond donors (Lipinski definition) is 1. The Morgan fingerprint density at radius 3 is 1.24 bits per heavy atom. The second kappa shape index (κ2) is 36.7. The monoisotopic (exact) mass is 301 g/mol. The van der Waals surface area contributed by atoms with E-state index < -0.39 is 0 Å². The molecule has 1 heteroatoms. The van der Waals surface area contributed by atoms with E-state index in [1.807, 2.05) is 0 Å². The van der Waals surface area contributed by atoms with Crippen LogP contribution in [0.4, 0.5) is 0 Å². The van der Waals surface area contributed by atoms with E-state index in [2.05, 4.69) is 66.4 Å². The summed E-state index contributed by atoms with van der Waals surface area (Å²) in [4.78, 5) is 0. The Kier molecular flexibility index (Phi) is 50.3. The van der Waals surface area contributed by atoms with Crippen molar-refractivity contribution < 1.29 is 0 Å². The largest absolute Gasteiger partial charge is 0.333 e. The molecule has 0 aromatic heterocycles. The third-order valence-electron chi connectivity index (χ3n) is 2.51. The summed E-state index contributed by atoms with van der Waals surface area (Å²) in [5.41, 5.74) is 4.50. The predicted octanol–water partition coefficient (Wildman–Crippen LogP) is 7.36. The zero-order valence-corrected chi connectivity index (χ0v) is 16.7. The minimum Gasteiger partial charge on any atom is -0.333 e. The van der Waals surface area contributed by atoms with Crippen molar-refractivity contribution in [3.05, 3.63) is 12.2 Å². The maximum atomic E-state index is 4.50. The van der Waals surface area contributed by atoms with Gasteiger partial charge in [0.25, 0.3) is 0 Å². The van der Waals surface area contributed by atoms with E-state index in [9.17, 15) is 0 Å². The maximum absolute atomic E-state index is 4.50. The van der Waals surface area contributed by atoms with Gasteiger partial charge in [-0.3, -0.25) is 0 Å². The minimum atomic E-state index is 1.000. The molecule has 0 aliphatic heterocycles. The maximum Gasteiger partial charge on any atom is -0.0195 e. The normalized spacial score (nSPS) is 11.7. The molecule has 0 aromatic carbocycles. The molecule has 1 aliphatic rings. The van der Waals surface area contributed by atoms with Gasteiger partial charge >= 0.3 is 0 Å². The summed E-state index contributed by atoms with van der Waals surface area (Å²) in [6, 6.07) is 0.